The fourth-order valence-corrected chi connectivity index (χ4v) is 2.17. The molecule has 0 spiro atoms. The molecule has 1 heterocycles. The molecular weight excluding hydrogens is 232 g/mol. The Hall–Kier alpha value is -0.680. The second-order valence-electron chi connectivity index (χ2n) is 4.88. The normalized spacial score (nSPS) is 13.4. The number of nitrogens with one attached hydrogen (secondary N) is 1. The van der Waals surface area contributed by atoms with Crippen LogP contribution in [-0.4, -0.2) is 34.1 Å². The van der Waals surface area contributed by atoms with Crippen molar-refractivity contribution in [2.24, 2.45) is 5.92 Å². The zero-order valence-corrected chi connectivity index (χ0v) is 12.3. The van der Waals surface area contributed by atoms with Gasteiger partial charge in [0.05, 0.1) is 0 Å². The lowest BCUT2D eigenvalue weighted by molar-refractivity contribution is 0.198. The molecule has 4 nitrogen and oxygen atoms in total. The first-order chi connectivity index (χ1) is 8.06. The number of hydrogen-bond acceptors (Lipinski definition) is 5. The van der Waals surface area contributed by atoms with Crippen LogP contribution in [0.1, 0.15) is 39.8 Å². The third kappa shape index (κ3) is 4.24. The van der Waals surface area contributed by atoms with E-state index < -0.39 is 0 Å². The fourth-order valence-electron chi connectivity index (χ4n) is 1.57. The standard InChI is InChI=1S/C12H24N4S/c1-6-7-13-12-11(14-15-17-12)8-16(5)10(4)9(2)3/h9-10,13H,6-8H2,1-5H3. The van der Waals surface area contributed by atoms with Gasteiger partial charge in [-0.1, -0.05) is 25.3 Å². The van der Waals surface area contributed by atoms with Crippen LogP contribution in [0.25, 0.3) is 0 Å². The molecule has 0 aliphatic rings. The van der Waals surface area contributed by atoms with Crippen LogP contribution in [0.3, 0.4) is 0 Å². The molecule has 0 amide bonds. The van der Waals surface area contributed by atoms with E-state index in [0.717, 1.165) is 30.2 Å². The Kier molecular flexibility index (Phi) is 5.85. The summed E-state index contributed by atoms with van der Waals surface area (Å²) in [5.74, 6) is 0.652. The predicted molar refractivity (Wildman–Crippen MR) is 74.5 cm³/mol. The smallest absolute Gasteiger partial charge is 0.134 e. The molecule has 0 fully saturated rings. The molecule has 98 valence electrons. The summed E-state index contributed by atoms with van der Waals surface area (Å²) in [4.78, 5) is 2.33. The van der Waals surface area contributed by atoms with Crippen molar-refractivity contribution >= 4 is 16.5 Å². The second-order valence-corrected chi connectivity index (χ2v) is 5.63. The molecule has 0 aliphatic carbocycles. The fraction of sp³-hybridized carbons (Fsp3) is 0.833. The summed E-state index contributed by atoms with van der Waals surface area (Å²) in [6.07, 6.45) is 1.12. The molecule has 0 saturated carbocycles. The maximum absolute atomic E-state index is 4.22. The third-order valence-electron chi connectivity index (χ3n) is 3.15. The molecule has 1 unspecified atom stereocenters. The van der Waals surface area contributed by atoms with Crippen LogP contribution in [0.15, 0.2) is 0 Å². The molecule has 0 bridgehead atoms. The van der Waals surface area contributed by atoms with Gasteiger partial charge in [-0.25, -0.2) is 0 Å². The van der Waals surface area contributed by atoms with Gasteiger partial charge in [-0.2, -0.15) is 0 Å². The van der Waals surface area contributed by atoms with Gasteiger partial charge in [-0.05, 0) is 26.3 Å². The van der Waals surface area contributed by atoms with Crippen molar-refractivity contribution in [2.45, 2.75) is 46.7 Å². The van der Waals surface area contributed by atoms with E-state index in [2.05, 4.69) is 54.5 Å². The Labute approximate surface area is 109 Å². The molecule has 1 aromatic rings. The number of hydrogen-bond donors (Lipinski definition) is 1. The molecule has 5 heteroatoms. The van der Waals surface area contributed by atoms with E-state index >= 15 is 0 Å². The molecule has 1 N–H and O–H groups in total. The highest BCUT2D eigenvalue weighted by molar-refractivity contribution is 7.10. The van der Waals surface area contributed by atoms with Gasteiger partial charge in [0.25, 0.3) is 0 Å². The molecule has 1 rings (SSSR count). The highest BCUT2D eigenvalue weighted by Crippen LogP contribution is 2.20. The Morgan fingerprint density at radius 3 is 2.65 bits per heavy atom. The lowest BCUT2D eigenvalue weighted by atomic mass is 10.1. The van der Waals surface area contributed by atoms with Crippen LogP contribution in [0.5, 0.6) is 0 Å². The van der Waals surface area contributed by atoms with Crippen LogP contribution in [0, 0.1) is 5.92 Å². The molecule has 0 aliphatic heterocycles. The first-order valence-corrected chi connectivity index (χ1v) is 7.08. The molecule has 0 saturated heterocycles. The minimum atomic E-state index is 0.552. The summed E-state index contributed by atoms with van der Waals surface area (Å²) < 4.78 is 4.03. The van der Waals surface area contributed by atoms with Crippen molar-refractivity contribution in [3.63, 3.8) is 0 Å². The van der Waals surface area contributed by atoms with Gasteiger partial charge in [-0.15, -0.1) is 5.10 Å². The summed E-state index contributed by atoms with van der Waals surface area (Å²) in [6, 6.07) is 0.552. The van der Waals surface area contributed by atoms with E-state index in [9.17, 15) is 0 Å². The Morgan fingerprint density at radius 1 is 1.35 bits per heavy atom. The van der Waals surface area contributed by atoms with E-state index in [1.54, 1.807) is 0 Å². The topological polar surface area (TPSA) is 41.1 Å². The molecule has 1 aromatic heterocycles. The van der Waals surface area contributed by atoms with Crippen molar-refractivity contribution in [1.82, 2.24) is 14.5 Å². The van der Waals surface area contributed by atoms with Crippen LogP contribution in [0.4, 0.5) is 5.00 Å². The maximum Gasteiger partial charge on any atom is 0.134 e. The lowest BCUT2D eigenvalue weighted by Gasteiger charge is -2.27. The van der Waals surface area contributed by atoms with Gasteiger partial charge in [0, 0.05) is 30.7 Å². The SMILES string of the molecule is CCCNc1snnc1CN(C)C(C)C(C)C. The van der Waals surface area contributed by atoms with E-state index in [4.69, 9.17) is 0 Å². The molecule has 0 aromatic carbocycles. The number of nitrogens with zero attached hydrogens (tertiary/aromatic N) is 3. The summed E-state index contributed by atoms with van der Waals surface area (Å²) in [7, 11) is 2.15. The zero-order chi connectivity index (χ0) is 12.8. The van der Waals surface area contributed by atoms with Gasteiger partial charge in [0.2, 0.25) is 0 Å². The summed E-state index contributed by atoms with van der Waals surface area (Å²) in [5, 5.41) is 8.72. The summed E-state index contributed by atoms with van der Waals surface area (Å²) >= 11 is 1.45. The van der Waals surface area contributed by atoms with Crippen molar-refractivity contribution in [1.29, 1.82) is 0 Å². The largest absolute Gasteiger partial charge is 0.374 e. The predicted octanol–water partition coefficient (Wildman–Crippen LogP) is 2.84. The van der Waals surface area contributed by atoms with Gasteiger partial charge in [-0.3, -0.25) is 4.90 Å². The van der Waals surface area contributed by atoms with Gasteiger partial charge in [0.1, 0.15) is 10.7 Å². The zero-order valence-electron chi connectivity index (χ0n) is 11.5. The van der Waals surface area contributed by atoms with Crippen molar-refractivity contribution in [3.8, 4) is 0 Å². The summed E-state index contributed by atoms with van der Waals surface area (Å²) in [6.45, 7) is 10.8. The first kappa shape index (κ1) is 14.4. The van der Waals surface area contributed by atoms with E-state index in [1.807, 2.05) is 0 Å². The van der Waals surface area contributed by atoms with Crippen LogP contribution < -0.4 is 5.32 Å². The average Bonchev–Trinajstić information content (AvgIpc) is 2.72. The third-order valence-corrected chi connectivity index (χ3v) is 3.88. The average molecular weight is 256 g/mol. The minimum absolute atomic E-state index is 0.552. The van der Waals surface area contributed by atoms with Crippen molar-refractivity contribution < 1.29 is 0 Å². The molecular formula is C12H24N4S. The second kappa shape index (κ2) is 6.91. The highest BCUT2D eigenvalue weighted by atomic mass is 32.1. The van der Waals surface area contributed by atoms with Crippen molar-refractivity contribution in [3.05, 3.63) is 5.69 Å². The van der Waals surface area contributed by atoms with Crippen LogP contribution in [0.2, 0.25) is 0 Å². The van der Waals surface area contributed by atoms with Crippen LogP contribution in [-0.2, 0) is 6.54 Å². The molecule has 17 heavy (non-hydrogen) atoms. The van der Waals surface area contributed by atoms with Gasteiger partial charge in [0.15, 0.2) is 0 Å². The van der Waals surface area contributed by atoms with Crippen LogP contribution >= 0.6 is 11.5 Å². The first-order valence-electron chi connectivity index (χ1n) is 6.31. The monoisotopic (exact) mass is 256 g/mol. The van der Waals surface area contributed by atoms with Crippen molar-refractivity contribution in [2.75, 3.05) is 18.9 Å². The quantitative estimate of drug-likeness (QED) is 0.814. The van der Waals surface area contributed by atoms with E-state index in [-0.39, 0.29) is 0 Å². The number of aromatic nitrogens is 2. The summed E-state index contributed by atoms with van der Waals surface area (Å²) in [5.41, 5.74) is 1.07. The van der Waals surface area contributed by atoms with Gasteiger partial charge < -0.3 is 5.32 Å². The lowest BCUT2D eigenvalue weighted by Crippen LogP contribution is -2.33. The Bertz CT molecular complexity index is 324. The Balaban J connectivity index is 2.58. The number of rotatable bonds is 7. The Morgan fingerprint density at radius 2 is 2.06 bits per heavy atom. The minimum Gasteiger partial charge on any atom is -0.374 e. The van der Waals surface area contributed by atoms with E-state index in [0.29, 0.717) is 12.0 Å². The maximum atomic E-state index is 4.22. The van der Waals surface area contributed by atoms with Gasteiger partial charge >= 0.3 is 0 Å². The highest BCUT2D eigenvalue weighted by Gasteiger charge is 2.16. The van der Waals surface area contributed by atoms with E-state index in [1.165, 1.54) is 11.5 Å². The number of anilines is 1. The molecule has 1 atom stereocenters. The molecule has 0 radical (unpaired) electrons.